The third kappa shape index (κ3) is 3.85. The van der Waals surface area contributed by atoms with Crippen molar-refractivity contribution in [1.82, 2.24) is 11.0 Å². The Balaban J connectivity index is 4.94. The highest BCUT2D eigenvalue weighted by Crippen LogP contribution is 2.36. The van der Waals surface area contributed by atoms with E-state index in [4.69, 9.17) is 10.8 Å². The second-order valence-corrected chi connectivity index (χ2v) is 2.96. The molecule has 0 unspecified atom stereocenters. The maximum atomic E-state index is 13.0. The quantitative estimate of drug-likeness (QED) is 0.152. The normalized spacial score (nSPS) is 11.2. The summed E-state index contributed by atoms with van der Waals surface area (Å²) >= 11 is 0. The van der Waals surface area contributed by atoms with E-state index in [0.29, 0.717) is 0 Å². The summed E-state index contributed by atoms with van der Waals surface area (Å²) in [6.45, 7) is 0. The molecule has 0 saturated carbocycles. The summed E-state index contributed by atoms with van der Waals surface area (Å²) in [5.74, 6) is -19.3. The van der Waals surface area contributed by atoms with Gasteiger partial charge in [0.2, 0.25) is 11.9 Å². The van der Waals surface area contributed by atoms with E-state index >= 15 is 0 Å². The Morgan fingerprint density at radius 2 is 1.10 bits per heavy atom. The molecule has 20 heavy (non-hydrogen) atoms. The van der Waals surface area contributed by atoms with Crippen molar-refractivity contribution in [2.75, 3.05) is 0 Å². The highest BCUT2D eigenvalue weighted by Gasteiger charge is 2.70. The lowest BCUT2D eigenvalue weighted by molar-refractivity contribution is -0.241. The van der Waals surface area contributed by atoms with Gasteiger partial charge in [-0.05, 0) is 0 Å². The van der Waals surface area contributed by atoms with Crippen LogP contribution in [-0.4, -0.2) is 35.7 Å². The predicted octanol–water partition coefficient (Wildman–Crippen LogP) is -1.86. The number of nitrogens with one attached hydrogen (secondary N) is 4. The first-order valence-corrected chi connectivity index (χ1v) is 4.31. The molecule has 114 valence electrons. The first-order valence-electron chi connectivity index (χ1n) is 4.31. The molecular weight excluding hydrogens is 296 g/mol. The smallest absolute Gasteiger partial charge is 0.368 e. The molecule has 0 aromatic rings. The second-order valence-electron chi connectivity index (χ2n) is 2.96. The molecule has 0 fully saturated rings. The van der Waals surface area contributed by atoms with E-state index in [2.05, 4.69) is 21.1 Å². The number of guanidine groups is 2. The molecule has 0 radical (unpaired) electrons. The van der Waals surface area contributed by atoms with Crippen LogP contribution in [0.4, 0.5) is 17.6 Å². The molecule has 14 heteroatoms. The van der Waals surface area contributed by atoms with Crippen molar-refractivity contribution in [3.05, 3.63) is 0 Å². The Morgan fingerprint density at radius 3 is 1.30 bits per heavy atom. The van der Waals surface area contributed by atoms with Crippen LogP contribution < -0.4 is 22.4 Å². The fourth-order valence-electron chi connectivity index (χ4n) is 0.587. The van der Waals surface area contributed by atoms with Gasteiger partial charge in [-0.1, -0.05) is 0 Å². The summed E-state index contributed by atoms with van der Waals surface area (Å²) in [6.07, 6.45) is 0. The third-order valence-electron chi connectivity index (χ3n) is 1.41. The molecule has 0 aliphatic rings. The summed E-state index contributed by atoms with van der Waals surface area (Å²) in [7, 11) is 0. The van der Waals surface area contributed by atoms with E-state index in [0.717, 1.165) is 11.0 Å². The number of hydrogen-bond acceptors (Lipinski definition) is 6. The van der Waals surface area contributed by atoms with Gasteiger partial charge < -0.3 is 21.1 Å². The minimum absolute atomic E-state index is 1.09. The molecule has 10 nitrogen and oxygen atoms in total. The van der Waals surface area contributed by atoms with E-state index in [1.807, 2.05) is 0 Å². The molecule has 0 spiro atoms. The lowest BCUT2D eigenvalue weighted by atomic mass is 10.2. The Labute approximate surface area is 107 Å². The van der Waals surface area contributed by atoms with E-state index in [-0.39, 0.29) is 0 Å². The lowest BCUT2D eigenvalue weighted by Gasteiger charge is -2.22. The molecule has 0 atom stereocenters. The Kier molecular flexibility index (Phi) is 5.07. The number of hydroxylamine groups is 2. The summed E-state index contributed by atoms with van der Waals surface area (Å²) in [4.78, 5) is 28.1. The van der Waals surface area contributed by atoms with Gasteiger partial charge in [0.1, 0.15) is 0 Å². The van der Waals surface area contributed by atoms with Gasteiger partial charge in [0.25, 0.3) is 0 Å². The fourth-order valence-corrected chi connectivity index (χ4v) is 0.587. The maximum Gasteiger partial charge on any atom is 0.418 e. The van der Waals surface area contributed by atoms with Crippen molar-refractivity contribution in [1.29, 1.82) is 10.8 Å². The van der Waals surface area contributed by atoms with Crippen LogP contribution in [-0.2, 0) is 19.3 Å². The van der Waals surface area contributed by atoms with Crippen molar-refractivity contribution in [3.63, 3.8) is 0 Å². The molecule has 0 amide bonds. The molecule has 0 aliphatic carbocycles. The van der Waals surface area contributed by atoms with E-state index in [1.54, 1.807) is 0 Å². The Morgan fingerprint density at radius 1 is 0.850 bits per heavy atom. The fraction of sp³-hybridized carbons (Fsp3) is 0.333. The van der Waals surface area contributed by atoms with Crippen LogP contribution in [0.3, 0.4) is 0 Å². The second kappa shape index (κ2) is 5.89. The SMILES string of the molecule is N=C(N)NOC(=O)C(F)(F)C(F)(F)C(=O)ONC(=N)N. The molecule has 0 aromatic heterocycles. The van der Waals surface area contributed by atoms with Gasteiger partial charge in [0.05, 0.1) is 0 Å². The highest BCUT2D eigenvalue weighted by atomic mass is 19.3. The van der Waals surface area contributed by atoms with Crippen LogP contribution in [0.2, 0.25) is 0 Å². The number of rotatable bonds is 3. The molecular formula is C6H8F4N6O4. The number of halogens is 4. The predicted molar refractivity (Wildman–Crippen MR) is 52.2 cm³/mol. The molecule has 0 aromatic carbocycles. The van der Waals surface area contributed by atoms with Crippen molar-refractivity contribution >= 4 is 23.9 Å². The van der Waals surface area contributed by atoms with Crippen LogP contribution in [0.25, 0.3) is 0 Å². The molecule has 8 N–H and O–H groups in total. The zero-order valence-electron chi connectivity index (χ0n) is 9.30. The number of carbonyl (C=O) groups excluding carboxylic acids is 2. The third-order valence-corrected chi connectivity index (χ3v) is 1.41. The van der Waals surface area contributed by atoms with E-state index < -0.39 is 35.7 Å². The summed E-state index contributed by atoms with van der Waals surface area (Å²) in [5, 5.41) is 12.9. The van der Waals surface area contributed by atoms with Gasteiger partial charge in [-0.3, -0.25) is 10.8 Å². The lowest BCUT2D eigenvalue weighted by Crippen LogP contribution is -2.56. The molecule has 0 aliphatic heterocycles. The zero-order chi connectivity index (χ0) is 16.1. The van der Waals surface area contributed by atoms with Gasteiger partial charge in [-0.2, -0.15) is 28.5 Å². The Hall–Kier alpha value is -2.80. The first kappa shape index (κ1) is 17.2. The minimum Gasteiger partial charge on any atom is -0.368 e. The average molecular weight is 304 g/mol. The molecule has 0 heterocycles. The number of alkyl halides is 4. The van der Waals surface area contributed by atoms with Crippen molar-refractivity contribution in [2.24, 2.45) is 11.5 Å². The first-order chi connectivity index (χ1) is 8.92. The zero-order valence-corrected chi connectivity index (χ0v) is 9.30. The summed E-state index contributed by atoms with van der Waals surface area (Å²) < 4.78 is 52.1. The largest absolute Gasteiger partial charge is 0.418 e. The molecule has 0 rings (SSSR count). The van der Waals surface area contributed by atoms with Gasteiger partial charge in [0.15, 0.2) is 0 Å². The van der Waals surface area contributed by atoms with Crippen LogP contribution in [0.5, 0.6) is 0 Å². The topological polar surface area (TPSA) is 176 Å². The summed E-state index contributed by atoms with van der Waals surface area (Å²) in [5.41, 5.74) is 11.3. The average Bonchev–Trinajstić information content (AvgIpc) is 2.32. The monoisotopic (exact) mass is 304 g/mol. The summed E-state index contributed by atoms with van der Waals surface area (Å²) in [6, 6.07) is 0. The highest BCUT2D eigenvalue weighted by molar-refractivity contribution is 5.91. The molecule has 0 bridgehead atoms. The van der Waals surface area contributed by atoms with Crippen molar-refractivity contribution < 1.29 is 36.8 Å². The van der Waals surface area contributed by atoms with Crippen LogP contribution in [0.1, 0.15) is 0 Å². The van der Waals surface area contributed by atoms with Gasteiger partial charge in [-0.15, -0.1) is 0 Å². The minimum atomic E-state index is -5.63. The van der Waals surface area contributed by atoms with E-state index in [1.165, 1.54) is 0 Å². The number of carbonyl (C=O) groups is 2. The maximum absolute atomic E-state index is 13.0. The van der Waals surface area contributed by atoms with Gasteiger partial charge >= 0.3 is 23.8 Å². The standard InChI is InChI=1S/C6H8F4N6O4/c7-5(8,1(17)19-15-3(11)12)6(9,10)2(18)20-16-4(13)14/h(H4,11,12,15)(H4,13,14,16). The van der Waals surface area contributed by atoms with Gasteiger partial charge in [0, 0.05) is 0 Å². The van der Waals surface area contributed by atoms with Crippen molar-refractivity contribution in [2.45, 2.75) is 11.8 Å². The van der Waals surface area contributed by atoms with Crippen molar-refractivity contribution in [3.8, 4) is 0 Å². The Bertz CT molecular complexity index is 401. The number of hydrogen-bond donors (Lipinski definition) is 6. The van der Waals surface area contributed by atoms with Gasteiger partial charge in [-0.25, -0.2) is 9.59 Å². The number of nitrogens with two attached hydrogens (primary N) is 2. The van der Waals surface area contributed by atoms with Crippen LogP contribution in [0.15, 0.2) is 0 Å². The molecule has 0 saturated heterocycles. The van der Waals surface area contributed by atoms with E-state index in [9.17, 15) is 27.2 Å². The van der Waals surface area contributed by atoms with Crippen LogP contribution >= 0.6 is 0 Å². The van der Waals surface area contributed by atoms with Crippen LogP contribution in [0, 0.1) is 10.8 Å².